The largest absolute Gasteiger partial charge is 0.457 e. The van der Waals surface area contributed by atoms with Gasteiger partial charge in [-0.3, -0.25) is 67.1 Å². The zero-order valence-electron chi connectivity index (χ0n) is 69.0. The molecular formula is C84H80O42. The van der Waals surface area contributed by atoms with Gasteiger partial charge < -0.3 is 114 Å². The van der Waals surface area contributed by atoms with Crippen LogP contribution >= 0.6 is 0 Å². The average Bonchev–Trinajstić information content (AvgIpc) is 1.50. The molecule has 6 aromatic carbocycles. The third-order valence-corrected chi connectivity index (χ3v) is 17.9. The lowest BCUT2D eigenvalue weighted by Crippen LogP contribution is -2.34. The van der Waals surface area contributed by atoms with Gasteiger partial charge in [-0.2, -0.15) is 0 Å². The maximum atomic E-state index is 14.1. The van der Waals surface area contributed by atoms with Gasteiger partial charge in [0.2, 0.25) is 67.9 Å². The number of ether oxygens (including phenoxy) is 24. The molecule has 0 radical (unpaired) electrons. The Balaban J connectivity index is 0.000000285. The second-order valence-electron chi connectivity index (χ2n) is 26.7. The van der Waals surface area contributed by atoms with Gasteiger partial charge in [0.1, 0.15) is 46.0 Å². The average molecular weight is 1760 g/mol. The lowest BCUT2D eigenvalue weighted by molar-refractivity contribution is -0.167. The molecule has 668 valence electrons. The molecular weight excluding hydrogens is 1680 g/mol. The van der Waals surface area contributed by atoms with Crippen molar-refractivity contribution in [1.82, 2.24) is 0 Å². The summed E-state index contributed by atoms with van der Waals surface area (Å²) in [6.07, 6.45) is -1.60. The van der Waals surface area contributed by atoms with Crippen LogP contribution in [-0.4, -0.2) is 175 Å². The summed E-state index contributed by atoms with van der Waals surface area (Å²) in [6.45, 7) is 5.22. The fraction of sp³-hybridized carbons (Fsp3) is 0.357. The van der Waals surface area contributed by atoms with Gasteiger partial charge in [-0.05, 0) is 103 Å². The minimum atomic E-state index is -1.99. The normalized spacial score (nSPS) is 12.4. The summed E-state index contributed by atoms with van der Waals surface area (Å²) in [6, 6.07) is 19.6. The molecule has 42 heteroatoms. The quantitative estimate of drug-likeness (QED) is 0.0206. The van der Waals surface area contributed by atoms with Crippen molar-refractivity contribution in [1.29, 1.82) is 0 Å². The smallest absolute Gasteiger partial charge is 0.341 e. The van der Waals surface area contributed by atoms with Crippen LogP contribution in [0.3, 0.4) is 0 Å². The molecule has 0 fully saturated rings. The van der Waals surface area contributed by atoms with Crippen molar-refractivity contribution in [3.05, 3.63) is 163 Å². The summed E-state index contributed by atoms with van der Waals surface area (Å²) < 4.78 is 127. The van der Waals surface area contributed by atoms with Gasteiger partial charge in [0, 0.05) is 153 Å². The van der Waals surface area contributed by atoms with Crippen LogP contribution in [0.5, 0.6) is 46.0 Å². The first kappa shape index (κ1) is 94.4. The zero-order chi connectivity index (χ0) is 91.7. The van der Waals surface area contributed by atoms with Crippen LogP contribution in [0, 0.1) is 0 Å². The van der Waals surface area contributed by atoms with Gasteiger partial charge >= 0.3 is 107 Å². The molecule has 42 nitrogen and oxygen atoms in total. The van der Waals surface area contributed by atoms with Crippen molar-refractivity contribution < 1.29 is 200 Å². The standard InChI is InChI=1S/2C42H40O21/c1-22(43)52-17-57-34-15-36-32(13-27(34)7-10-38(48)59-19-54-24(3)45)42(31-9-6-29(12-30(31)41(51)63-42)40(50)61-21-56-26(5)47)33-14-28(8-11-39(49)60-20-55-25(4)46)35(16-37(33)62-36)58-18-53-23(2)44;1-22(43)52-17-57-34-15-36-32(12-27(34)7-10-38(48)59-19-54-24(3)45)42(31-14-29(6-9-30(31)41(51)63-42)40(50)61-21-56-26(5)47)33-13-28(8-11-39(49)60-20-55-25(4)46)35(16-37(33)62-36)58-18-53-23(2)44/h2*6,9,12-16H,7-8,10-11,17-21H2,1-5H3. The summed E-state index contributed by atoms with van der Waals surface area (Å²) in [5.41, 5.74) is -2.14. The molecule has 4 aliphatic rings. The van der Waals surface area contributed by atoms with Crippen LogP contribution in [0.1, 0.15) is 192 Å². The molecule has 0 bridgehead atoms. The molecule has 6 aromatic rings. The van der Waals surface area contributed by atoms with Crippen LogP contribution in [0.4, 0.5) is 0 Å². The monoisotopic (exact) mass is 1760 g/mol. The Morgan fingerprint density at radius 2 is 0.500 bits per heavy atom. The molecule has 4 heterocycles. The van der Waals surface area contributed by atoms with E-state index in [1.807, 2.05) is 0 Å². The van der Waals surface area contributed by atoms with E-state index in [0.717, 1.165) is 69.2 Å². The van der Waals surface area contributed by atoms with Crippen LogP contribution in [0.2, 0.25) is 0 Å². The van der Waals surface area contributed by atoms with E-state index >= 15 is 0 Å². The van der Waals surface area contributed by atoms with E-state index in [1.54, 1.807) is 0 Å². The van der Waals surface area contributed by atoms with Crippen LogP contribution < -0.4 is 28.4 Å². The number of esters is 18. The van der Waals surface area contributed by atoms with Crippen molar-refractivity contribution in [2.24, 2.45) is 0 Å². The Hall–Kier alpha value is -15.4. The van der Waals surface area contributed by atoms with E-state index in [0.29, 0.717) is 11.1 Å². The number of fused-ring (bicyclic) bond motifs is 12. The SMILES string of the molecule is CC(=O)OCOC(=O)CCc1cc2c(cc1OCOC(C)=O)Oc1cc(OCOC(C)=O)c(CCC(=O)OCOC(C)=O)cc1C21OC(=O)c2cc(C(=O)OCOC(C)=O)ccc21.CC(=O)OCOC(=O)CCc1cc2c(cc1OCOC(C)=O)Oc1cc(OCOC(C)=O)c(CCC(=O)OCOC(C)=O)cc1C21OC(=O)c2ccc(C(=O)OCOC(C)=O)cc21. The third kappa shape index (κ3) is 24.9. The summed E-state index contributed by atoms with van der Waals surface area (Å²) >= 11 is 0. The first-order valence-corrected chi connectivity index (χ1v) is 37.6. The number of hydrogen-bond donors (Lipinski definition) is 0. The first-order valence-electron chi connectivity index (χ1n) is 37.6. The second-order valence-corrected chi connectivity index (χ2v) is 26.7. The molecule has 0 unspecified atom stereocenters. The molecule has 2 spiro atoms. The van der Waals surface area contributed by atoms with Crippen LogP contribution in [-0.2, 0) is 189 Å². The topological polar surface area (TPSA) is 529 Å². The highest BCUT2D eigenvalue weighted by atomic mass is 16.7. The molecule has 0 amide bonds. The highest BCUT2D eigenvalue weighted by molar-refractivity contribution is 6.02. The van der Waals surface area contributed by atoms with Crippen molar-refractivity contribution in [3.8, 4) is 46.0 Å². The molecule has 0 atom stereocenters. The molecule has 0 saturated carbocycles. The van der Waals surface area contributed by atoms with Gasteiger partial charge in [-0.1, -0.05) is 6.07 Å². The fourth-order valence-electron chi connectivity index (χ4n) is 12.4. The van der Waals surface area contributed by atoms with E-state index in [1.165, 1.54) is 84.9 Å². The van der Waals surface area contributed by atoms with E-state index in [-0.39, 0.29) is 164 Å². The number of carbonyl (C=O) groups is 18. The summed E-state index contributed by atoms with van der Waals surface area (Å²) in [7, 11) is 0. The molecule has 10 rings (SSSR count). The predicted octanol–water partition coefficient (Wildman–Crippen LogP) is 7.45. The van der Waals surface area contributed by atoms with Gasteiger partial charge in [0.05, 0.1) is 22.3 Å². The van der Waals surface area contributed by atoms with E-state index in [4.69, 9.17) is 114 Å². The fourth-order valence-corrected chi connectivity index (χ4v) is 12.4. The Morgan fingerprint density at radius 1 is 0.254 bits per heavy atom. The molecule has 0 N–H and O–H groups in total. The maximum absolute atomic E-state index is 14.1. The minimum Gasteiger partial charge on any atom is -0.457 e. The van der Waals surface area contributed by atoms with Gasteiger partial charge in [-0.25, -0.2) is 19.2 Å². The molecule has 4 aliphatic heterocycles. The maximum Gasteiger partial charge on any atom is 0.341 e. The summed E-state index contributed by atoms with van der Waals surface area (Å²) in [4.78, 5) is 219. The second kappa shape index (κ2) is 43.4. The van der Waals surface area contributed by atoms with E-state index in [2.05, 4.69) is 0 Å². The number of hydrogen-bond acceptors (Lipinski definition) is 42. The molecule has 0 saturated heterocycles. The van der Waals surface area contributed by atoms with Crippen molar-refractivity contribution in [2.45, 2.75) is 132 Å². The summed E-state index contributed by atoms with van der Waals surface area (Å²) in [5, 5.41) is 0. The Bertz CT molecular complexity index is 5080. The van der Waals surface area contributed by atoms with E-state index < -0.39 is 187 Å². The van der Waals surface area contributed by atoms with Gasteiger partial charge in [-0.15, -0.1) is 0 Å². The highest BCUT2D eigenvalue weighted by Crippen LogP contribution is 2.61. The minimum absolute atomic E-state index is 0.00176. The lowest BCUT2D eigenvalue weighted by atomic mass is 9.76. The molecule has 126 heavy (non-hydrogen) atoms. The predicted molar refractivity (Wildman–Crippen MR) is 407 cm³/mol. The Morgan fingerprint density at radius 3 is 0.786 bits per heavy atom. The number of carbonyl (C=O) groups excluding carboxylic acids is 18. The zero-order valence-corrected chi connectivity index (χ0v) is 69.0. The third-order valence-electron chi connectivity index (χ3n) is 17.9. The van der Waals surface area contributed by atoms with Gasteiger partial charge in [0.25, 0.3) is 0 Å². The summed E-state index contributed by atoms with van der Waals surface area (Å²) in [5.74, 6) is -13.2. The molecule has 0 aromatic heterocycles. The van der Waals surface area contributed by atoms with E-state index in [9.17, 15) is 86.3 Å². The lowest BCUT2D eigenvalue weighted by Gasteiger charge is -2.38. The van der Waals surface area contributed by atoms with Gasteiger partial charge in [0.15, 0.2) is 11.2 Å². The number of aryl methyl sites for hydroxylation is 4. The highest BCUT2D eigenvalue weighted by Gasteiger charge is 2.57. The van der Waals surface area contributed by atoms with Crippen molar-refractivity contribution >= 4 is 107 Å². The molecule has 0 aliphatic carbocycles. The first-order chi connectivity index (χ1) is 60.0. The number of benzene rings is 6. The van der Waals surface area contributed by atoms with Crippen LogP contribution in [0.15, 0.2) is 84.9 Å². The van der Waals surface area contributed by atoms with Crippen molar-refractivity contribution in [2.75, 3.05) is 67.9 Å². The van der Waals surface area contributed by atoms with Crippen LogP contribution in [0.25, 0.3) is 0 Å². The number of rotatable bonds is 38. The van der Waals surface area contributed by atoms with Crippen molar-refractivity contribution in [3.63, 3.8) is 0 Å². The Labute approximate surface area is 713 Å². The Kier molecular flexibility index (Phi) is 32.5.